The van der Waals surface area contributed by atoms with Crippen LogP contribution >= 0.6 is 11.6 Å². The molecule has 0 fully saturated rings. The summed E-state index contributed by atoms with van der Waals surface area (Å²) in [6.45, 7) is 1.91. The fourth-order valence-corrected chi connectivity index (χ4v) is 2.24. The largest absolute Gasteiger partial charge is 0.438 e. The molecule has 1 aromatic heterocycles. The number of fused-ring (bicyclic) bond motifs is 1. The highest BCUT2D eigenvalue weighted by atomic mass is 35.5. The molecule has 0 spiro atoms. The van der Waals surface area contributed by atoms with Crippen LogP contribution in [0.1, 0.15) is 5.56 Å². The van der Waals surface area contributed by atoms with Crippen LogP contribution in [0.4, 0.5) is 5.69 Å². The SMILES string of the molecule is Cc1cnc(Oc2ccc(Cl)c3ccccc23)cc1N. The predicted octanol–water partition coefficient (Wildman–Crippen LogP) is 4.57. The van der Waals surface area contributed by atoms with E-state index in [1.165, 1.54) is 0 Å². The Hall–Kier alpha value is -2.26. The summed E-state index contributed by atoms with van der Waals surface area (Å²) in [6, 6.07) is 13.2. The third-order valence-corrected chi connectivity index (χ3v) is 3.49. The van der Waals surface area contributed by atoms with Crippen molar-refractivity contribution in [3.05, 3.63) is 59.2 Å². The first-order valence-corrected chi connectivity index (χ1v) is 6.60. The minimum absolute atomic E-state index is 0.473. The molecule has 0 amide bonds. The van der Waals surface area contributed by atoms with Crippen molar-refractivity contribution in [2.45, 2.75) is 6.92 Å². The molecule has 20 heavy (non-hydrogen) atoms. The van der Waals surface area contributed by atoms with Gasteiger partial charge in [-0.15, -0.1) is 0 Å². The Kier molecular flexibility index (Phi) is 3.20. The van der Waals surface area contributed by atoms with E-state index in [2.05, 4.69) is 4.98 Å². The zero-order chi connectivity index (χ0) is 14.1. The minimum atomic E-state index is 0.473. The van der Waals surface area contributed by atoms with Crippen LogP contribution in [0.25, 0.3) is 10.8 Å². The second kappa shape index (κ2) is 5.02. The lowest BCUT2D eigenvalue weighted by Gasteiger charge is -2.10. The molecule has 100 valence electrons. The maximum atomic E-state index is 6.19. The van der Waals surface area contributed by atoms with Crippen LogP contribution < -0.4 is 10.5 Å². The van der Waals surface area contributed by atoms with Crippen molar-refractivity contribution in [3.63, 3.8) is 0 Å². The number of anilines is 1. The monoisotopic (exact) mass is 284 g/mol. The Morgan fingerprint density at radius 2 is 1.85 bits per heavy atom. The minimum Gasteiger partial charge on any atom is -0.438 e. The molecule has 0 aliphatic heterocycles. The molecule has 3 rings (SSSR count). The summed E-state index contributed by atoms with van der Waals surface area (Å²) >= 11 is 6.19. The second-order valence-corrected chi connectivity index (χ2v) is 4.98. The number of aryl methyl sites for hydroxylation is 1. The van der Waals surface area contributed by atoms with E-state index in [0.29, 0.717) is 22.3 Å². The van der Waals surface area contributed by atoms with Gasteiger partial charge in [0.2, 0.25) is 5.88 Å². The summed E-state index contributed by atoms with van der Waals surface area (Å²) in [7, 11) is 0. The number of rotatable bonds is 2. The number of hydrogen-bond donors (Lipinski definition) is 1. The van der Waals surface area contributed by atoms with Crippen molar-refractivity contribution in [3.8, 4) is 11.6 Å². The lowest BCUT2D eigenvalue weighted by molar-refractivity contribution is 0.468. The number of halogens is 1. The Morgan fingerprint density at radius 3 is 2.60 bits per heavy atom. The summed E-state index contributed by atoms with van der Waals surface area (Å²) in [5, 5.41) is 2.59. The molecule has 0 saturated carbocycles. The average molecular weight is 285 g/mol. The fourth-order valence-electron chi connectivity index (χ4n) is 2.01. The van der Waals surface area contributed by atoms with E-state index in [-0.39, 0.29) is 0 Å². The van der Waals surface area contributed by atoms with Gasteiger partial charge in [0, 0.05) is 33.7 Å². The third kappa shape index (κ3) is 2.28. The van der Waals surface area contributed by atoms with Gasteiger partial charge in [-0.25, -0.2) is 4.98 Å². The van der Waals surface area contributed by atoms with Gasteiger partial charge in [-0.2, -0.15) is 0 Å². The first-order valence-electron chi connectivity index (χ1n) is 6.22. The topological polar surface area (TPSA) is 48.1 Å². The molecule has 0 radical (unpaired) electrons. The van der Waals surface area contributed by atoms with E-state index in [1.54, 1.807) is 12.3 Å². The molecule has 2 N–H and O–H groups in total. The molecule has 0 saturated heterocycles. The molecule has 1 heterocycles. The molecule has 4 heteroatoms. The number of pyridine rings is 1. The van der Waals surface area contributed by atoms with Crippen molar-refractivity contribution >= 4 is 28.1 Å². The molecule has 2 aromatic carbocycles. The van der Waals surface area contributed by atoms with Gasteiger partial charge in [-0.1, -0.05) is 35.9 Å². The highest BCUT2D eigenvalue weighted by Crippen LogP contribution is 2.33. The van der Waals surface area contributed by atoms with Gasteiger partial charge >= 0.3 is 0 Å². The lowest BCUT2D eigenvalue weighted by Crippen LogP contribution is -1.94. The van der Waals surface area contributed by atoms with Crippen molar-refractivity contribution in [2.75, 3.05) is 5.73 Å². The second-order valence-electron chi connectivity index (χ2n) is 4.57. The highest BCUT2D eigenvalue weighted by Gasteiger charge is 2.07. The van der Waals surface area contributed by atoms with Gasteiger partial charge in [-0.05, 0) is 24.6 Å². The van der Waals surface area contributed by atoms with Crippen LogP contribution in [-0.2, 0) is 0 Å². The smallest absolute Gasteiger partial charge is 0.221 e. The van der Waals surface area contributed by atoms with Crippen LogP contribution in [-0.4, -0.2) is 4.98 Å². The van der Waals surface area contributed by atoms with E-state index in [0.717, 1.165) is 16.3 Å². The van der Waals surface area contributed by atoms with Crippen molar-refractivity contribution < 1.29 is 4.74 Å². The molecule has 0 atom stereocenters. The Labute approximate surface area is 122 Å². The maximum Gasteiger partial charge on any atom is 0.221 e. The zero-order valence-corrected chi connectivity index (χ0v) is 11.7. The Bertz CT molecular complexity index is 787. The lowest BCUT2D eigenvalue weighted by atomic mass is 10.1. The van der Waals surface area contributed by atoms with E-state index in [9.17, 15) is 0 Å². The van der Waals surface area contributed by atoms with Crippen LogP contribution in [0.3, 0.4) is 0 Å². The van der Waals surface area contributed by atoms with Crippen molar-refractivity contribution in [1.29, 1.82) is 0 Å². The number of benzene rings is 2. The summed E-state index contributed by atoms with van der Waals surface area (Å²) < 4.78 is 5.83. The number of hydrogen-bond acceptors (Lipinski definition) is 3. The van der Waals surface area contributed by atoms with Gasteiger partial charge in [0.25, 0.3) is 0 Å². The number of aromatic nitrogens is 1. The number of nitrogen functional groups attached to an aromatic ring is 1. The average Bonchev–Trinajstić information content (AvgIpc) is 2.46. The Morgan fingerprint density at radius 1 is 1.10 bits per heavy atom. The van der Waals surface area contributed by atoms with Crippen molar-refractivity contribution in [2.24, 2.45) is 0 Å². The standard InChI is InChI=1S/C16H13ClN2O/c1-10-9-19-16(8-14(10)18)20-15-7-6-13(17)11-4-2-3-5-12(11)15/h2-9H,1H3,(H2,18,19). The van der Waals surface area contributed by atoms with Gasteiger partial charge in [0.05, 0.1) is 0 Å². The zero-order valence-electron chi connectivity index (χ0n) is 10.9. The molecular formula is C16H13ClN2O. The molecular weight excluding hydrogens is 272 g/mol. The first-order chi connectivity index (χ1) is 9.65. The van der Waals surface area contributed by atoms with Gasteiger partial charge in [-0.3, -0.25) is 0 Å². The molecule has 0 aliphatic rings. The summed E-state index contributed by atoms with van der Waals surface area (Å²) in [4.78, 5) is 4.23. The highest BCUT2D eigenvalue weighted by molar-refractivity contribution is 6.35. The molecule has 0 bridgehead atoms. The number of nitrogens with two attached hydrogens (primary N) is 1. The third-order valence-electron chi connectivity index (χ3n) is 3.17. The fraction of sp³-hybridized carbons (Fsp3) is 0.0625. The normalized spacial score (nSPS) is 10.7. The molecule has 3 nitrogen and oxygen atoms in total. The van der Waals surface area contributed by atoms with Crippen LogP contribution in [0.15, 0.2) is 48.7 Å². The first kappa shape index (κ1) is 12.8. The van der Waals surface area contributed by atoms with E-state index >= 15 is 0 Å². The number of ether oxygens (including phenoxy) is 1. The van der Waals surface area contributed by atoms with Crippen LogP contribution in [0.5, 0.6) is 11.6 Å². The predicted molar refractivity (Wildman–Crippen MR) is 82.4 cm³/mol. The van der Waals surface area contributed by atoms with Gasteiger partial charge in [0.15, 0.2) is 0 Å². The van der Waals surface area contributed by atoms with Crippen LogP contribution in [0.2, 0.25) is 5.02 Å². The van der Waals surface area contributed by atoms with E-state index in [1.807, 2.05) is 43.3 Å². The number of nitrogens with zero attached hydrogens (tertiary/aromatic N) is 1. The molecule has 3 aromatic rings. The van der Waals surface area contributed by atoms with E-state index in [4.69, 9.17) is 22.1 Å². The van der Waals surface area contributed by atoms with Gasteiger partial charge in [0.1, 0.15) is 5.75 Å². The van der Waals surface area contributed by atoms with E-state index < -0.39 is 0 Å². The van der Waals surface area contributed by atoms with Gasteiger partial charge < -0.3 is 10.5 Å². The summed E-state index contributed by atoms with van der Waals surface area (Å²) in [5.41, 5.74) is 7.46. The summed E-state index contributed by atoms with van der Waals surface area (Å²) in [5.74, 6) is 1.18. The summed E-state index contributed by atoms with van der Waals surface area (Å²) in [6.07, 6.45) is 1.70. The van der Waals surface area contributed by atoms with Crippen LogP contribution in [0, 0.1) is 6.92 Å². The maximum absolute atomic E-state index is 6.19. The van der Waals surface area contributed by atoms with Crippen molar-refractivity contribution in [1.82, 2.24) is 4.98 Å². The Balaban J connectivity index is 2.06. The quantitative estimate of drug-likeness (QED) is 0.750. The molecule has 0 aliphatic carbocycles. The molecule has 0 unspecified atom stereocenters.